The van der Waals surface area contributed by atoms with Crippen LogP contribution in [-0.2, 0) is 11.9 Å². The Morgan fingerprint density at radius 3 is 2.60 bits per heavy atom. The maximum absolute atomic E-state index is 12.7. The van der Waals surface area contributed by atoms with E-state index in [1.807, 2.05) is 25.1 Å². The van der Waals surface area contributed by atoms with E-state index in [0.717, 1.165) is 23.4 Å². The van der Waals surface area contributed by atoms with E-state index in [9.17, 15) is 13.2 Å². The molecule has 4 rings (SSSR count). The van der Waals surface area contributed by atoms with Gasteiger partial charge in [0.15, 0.2) is 5.16 Å². The molecular formula is C19H13ClF3N5OS. The Kier molecular flexibility index (Phi) is 5.52. The number of benzene rings is 2. The van der Waals surface area contributed by atoms with Gasteiger partial charge in [-0.1, -0.05) is 46.7 Å². The van der Waals surface area contributed by atoms with E-state index in [4.69, 9.17) is 16.1 Å². The minimum Gasteiger partial charge on any atom is -0.338 e. The fourth-order valence-electron chi connectivity index (χ4n) is 2.60. The highest BCUT2D eigenvalue weighted by Crippen LogP contribution is 2.31. The maximum Gasteiger partial charge on any atom is 0.416 e. The second kappa shape index (κ2) is 8.11. The first-order chi connectivity index (χ1) is 14.3. The van der Waals surface area contributed by atoms with Gasteiger partial charge < -0.3 is 4.52 Å². The van der Waals surface area contributed by atoms with Crippen LogP contribution in [0.25, 0.3) is 17.1 Å². The number of hydrogen-bond donors (Lipinski definition) is 0. The molecule has 0 spiro atoms. The lowest BCUT2D eigenvalue weighted by molar-refractivity contribution is -0.137. The van der Waals surface area contributed by atoms with Crippen molar-refractivity contribution in [3.63, 3.8) is 0 Å². The largest absolute Gasteiger partial charge is 0.416 e. The average Bonchev–Trinajstić information content (AvgIpc) is 3.37. The number of hydrogen-bond acceptors (Lipinski definition) is 6. The molecular weight excluding hydrogens is 439 g/mol. The zero-order valence-corrected chi connectivity index (χ0v) is 17.0. The number of thioether (sulfide) groups is 1. The van der Waals surface area contributed by atoms with Crippen molar-refractivity contribution < 1.29 is 17.7 Å². The van der Waals surface area contributed by atoms with Gasteiger partial charge in [0, 0.05) is 10.6 Å². The number of alkyl halides is 3. The van der Waals surface area contributed by atoms with Gasteiger partial charge in [-0.2, -0.15) is 18.2 Å². The van der Waals surface area contributed by atoms with Crippen molar-refractivity contribution in [1.82, 2.24) is 24.9 Å². The molecule has 0 amide bonds. The van der Waals surface area contributed by atoms with Gasteiger partial charge in [0.25, 0.3) is 0 Å². The monoisotopic (exact) mass is 451 g/mol. The van der Waals surface area contributed by atoms with Crippen molar-refractivity contribution in [3.8, 4) is 17.1 Å². The predicted molar refractivity (Wildman–Crippen MR) is 105 cm³/mol. The minimum atomic E-state index is -4.39. The Labute approximate surface area is 178 Å². The highest BCUT2D eigenvalue weighted by molar-refractivity contribution is 7.98. The lowest BCUT2D eigenvalue weighted by Gasteiger charge is -2.07. The van der Waals surface area contributed by atoms with Crippen molar-refractivity contribution in [2.75, 3.05) is 0 Å². The van der Waals surface area contributed by atoms with Crippen molar-refractivity contribution in [2.45, 2.75) is 24.0 Å². The Bertz CT molecular complexity index is 1170. The van der Waals surface area contributed by atoms with Crippen LogP contribution in [0.4, 0.5) is 13.2 Å². The number of aryl methyl sites for hydroxylation is 1. The lowest BCUT2D eigenvalue weighted by atomic mass is 10.1. The maximum atomic E-state index is 12.7. The van der Waals surface area contributed by atoms with E-state index < -0.39 is 11.7 Å². The summed E-state index contributed by atoms with van der Waals surface area (Å²) in [6.07, 6.45) is -2.82. The summed E-state index contributed by atoms with van der Waals surface area (Å²) in [4.78, 5) is 4.24. The Balaban J connectivity index is 1.47. The van der Waals surface area contributed by atoms with Gasteiger partial charge in [0.05, 0.1) is 17.0 Å². The standard InChI is InChI=1S/C19H13ClF3N5OS/c1-11-2-7-14(8-15(11)20)28-10-24-26-18(28)30-9-16-25-17(27-29-16)12-3-5-13(6-4-12)19(21,22)23/h2-8,10H,9H2,1H3. The summed E-state index contributed by atoms with van der Waals surface area (Å²) in [5.41, 5.74) is 1.47. The van der Waals surface area contributed by atoms with Gasteiger partial charge in [-0.05, 0) is 36.8 Å². The van der Waals surface area contributed by atoms with Crippen LogP contribution in [0.3, 0.4) is 0 Å². The van der Waals surface area contributed by atoms with Crippen LogP contribution in [0.5, 0.6) is 0 Å². The summed E-state index contributed by atoms with van der Waals surface area (Å²) in [6.45, 7) is 1.91. The molecule has 0 radical (unpaired) electrons. The molecule has 11 heteroatoms. The second-order valence-electron chi connectivity index (χ2n) is 6.29. The van der Waals surface area contributed by atoms with E-state index in [1.54, 1.807) is 10.9 Å². The van der Waals surface area contributed by atoms with Crippen molar-refractivity contribution in [1.29, 1.82) is 0 Å². The van der Waals surface area contributed by atoms with Crippen molar-refractivity contribution in [3.05, 3.63) is 70.8 Å². The minimum absolute atomic E-state index is 0.214. The zero-order valence-electron chi connectivity index (χ0n) is 15.4. The molecule has 2 aromatic heterocycles. The van der Waals surface area contributed by atoms with Crippen LogP contribution in [0, 0.1) is 6.92 Å². The highest BCUT2D eigenvalue weighted by atomic mass is 35.5. The molecule has 4 aromatic rings. The molecule has 0 aliphatic heterocycles. The molecule has 30 heavy (non-hydrogen) atoms. The van der Waals surface area contributed by atoms with Crippen LogP contribution in [-0.4, -0.2) is 24.9 Å². The van der Waals surface area contributed by atoms with Crippen molar-refractivity contribution >= 4 is 23.4 Å². The summed E-state index contributed by atoms with van der Waals surface area (Å²) in [7, 11) is 0. The molecule has 0 saturated heterocycles. The van der Waals surface area contributed by atoms with Crippen LogP contribution in [0.15, 0.2) is 58.5 Å². The van der Waals surface area contributed by atoms with Gasteiger partial charge in [-0.3, -0.25) is 4.57 Å². The van der Waals surface area contributed by atoms with E-state index in [2.05, 4.69) is 20.3 Å². The normalized spacial score (nSPS) is 11.8. The first kappa shape index (κ1) is 20.4. The SMILES string of the molecule is Cc1ccc(-n2cnnc2SCc2nc(-c3ccc(C(F)(F)F)cc3)no2)cc1Cl. The molecule has 2 heterocycles. The number of nitrogens with zero attached hydrogens (tertiary/aromatic N) is 5. The number of rotatable bonds is 5. The van der Waals surface area contributed by atoms with Crippen molar-refractivity contribution in [2.24, 2.45) is 0 Å². The molecule has 154 valence electrons. The van der Waals surface area contributed by atoms with Gasteiger partial charge >= 0.3 is 6.18 Å². The fraction of sp³-hybridized carbons (Fsp3) is 0.158. The number of aromatic nitrogens is 5. The molecule has 0 unspecified atom stereocenters. The molecule has 0 aliphatic carbocycles. The van der Waals surface area contributed by atoms with Gasteiger partial charge in [-0.25, -0.2) is 0 Å². The summed E-state index contributed by atoms with van der Waals surface area (Å²) in [5, 5.41) is 13.1. The van der Waals surface area contributed by atoms with Gasteiger partial charge in [0.1, 0.15) is 6.33 Å². The molecule has 2 aromatic carbocycles. The summed E-state index contributed by atoms with van der Waals surface area (Å²) >= 11 is 7.52. The zero-order chi connectivity index (χ0) is 21.3. The second-order valence-corrected chi connectivity index (χ2v) is 7.64. The fourth-order valence-corrected chi connectivity index (χ4v) is 3.54. The molecule has 0 fully saturated rings. The molecule has 6 nitrogen and oxygen atoms in total. The van der Waals surface area contributed by atoms with Gasteiger partial charge in [-0.15, -0.1) is 10.2 Å². The lowest BCUT2D eigenvalue weighted by Crippen LogP contribution is -2.04. The molecule has 0 bridgehead atoms. The first-order valence-electron chi connectivity index (χ1n) is 8.61. The Morgan fingerprint density at radius 1 is 1.13 bits per heavy atom. The summed E-state index contributed by atoms with van der Waals surface area (Å²) in [5.74, 6) is 0.837. The molecule has 0 atom stereocenters. The third-order valence-electron chi connectivity index (χ3n) is 4.21. The van der Waals surface area contributed by atoms with E-state index in [-0.39, 0.29) is 5.82 Å². The smallest absolute Gasteiger partial charge is 0.338 e. The van der Waals surface area contributed by atoms with Crippen LogP contribution in [0.2, 0.25) is 5.02 Å². The van der Waals surface area contributed by atoms with Crippen LogP contribution >= 0.6 is 23.4 Å². The predicted octanol–water partition coefficient (Wildman–Crippen LogP) is 5.59. The third kappa shape index (κ3) is 4.34. The first-order valence-corrected chi connectivity index (χ1v) is 9.97. The quantitative estimate of drug-likeness (QED) is 0.368. The Morgan fingerprint density at radius 2 is 1.90 bits per heavy atom. The number of halogens is 4. The van der Waals surface area contributed by atoms with Gasteiger partial charge in [0.2, 0.25) is 11.7 Å². The van der Waals surface area contributed by atoms with E-state index in [0.29, 0.717) is 27.4 Å². The topological polar surface area (TPSA) is 69.6 Å². The Hall–Kier alpha value is -2.85. The molecule has 0 aliphatic rings. The van der Waals surface area contributed by atoms with E-state index in [1.165, 1.54) is 23.9 Å². The van der Waals surface area contributed by atoms with Crippen LogP contribution in [0.1, 0.15) is 17.0 Å². The summed E-state index contributed by atoms with van der Waals surface area (Å²) < 4.78 is 45.0. The average molecular weight is 452 g/mol. The molecule has 0 N–H and O–H groups in total. The molecule has 0 saturated carbocycles. The highest BCUT2D eigenvalue weighted by Gasteiger charge is 2.30. The summed E-state index contributed by atoms with van der Waals surface area (Å²) in [6, 6.07) is 10.2. The van der Waals surface area contributed by atoms with E-state index >= 15 is 0 Å². The van der Waals surface area contributed by atoms with Crippen LogP contribution < -0.4 is 0 Å². The third-order valence-corrected chi connectivity index (χ3v) is 5.55.